The zero-order chi connectivity index (χ0) is 9.10. The average Bonchev–Trinajstić information content (AvgIpc) is 2.49. The van der Waals surface area contributed by atoms with Gasteiger partial charge in [-0.15, -0.1) is 0 Å². The Morgan fingerprint density at radius 3 is 2.85 bits per heavy atom. The number of rotatable bonds is 3. The fourth-order valence-electron chi connectivity index (χ4n) is 2.07. The molecule has 1 aliphatic heterocycles. The van der Waals surface area contributed by atoms with Crippen molar-refractivity contribution in [3.8, 4) is 0 Å². The monoisotopic (exact) mass is 181 g/mol. The molecule has 2 nitrogen and oxygen atoms in total. The molecule has 74 valence electrons. The van der Waals surface area contributed by atoms with Gasteiger partial charge in [0.05, 0.1) is 0 Å². The average molecular weight is 181 g/mol. The Labute approximate surface area is 80.2 Å². The normalized spacial score (nSPS) is 29.0. The Hall–Kier alpha value is -0.340. The minimum atomic E-state index is 0.368. The number of aliphatic hydroxyl groups is 1. The molecule has 1 aliphatic carbocycles. The van der Waals surface area contributed by atoms with E-state index in [1.54, 1.807) is 5.57 Å². The Balaban J connectivity index is 1.71. The van der Waals surface area contributed by atoms with Crippen molar-refractivity contribution >= 4 is 0 Å². The lowest BCUT2D eigenvalue weighted by Gasteiger charge is -2.19. The highest BCUT2D eigenvalue weighted by Gasteiger charge is 2.20. The number of likely N-dealkylation sites (tertiary alicyclic amines) is 1. The highest BCUT2D eigenvalue weighted by molar-refractivity contribution is 5.10. The van der Waals surface area contributed by atoms with Gasteiger partial charge in [-0.05, 0) is 38.1 Å². The van der Waals surface area contributed by atoms with Crippen molar-refractivity contribution in [1.82, 2.24) is 4.90 Å². The number of allylic oxidation sites excluding steroid dienone is 1. The summed E-state index contributed by atoms with van der Waals surface area (Å²) in [6, 6.07) is 0. The Bertz CT molecular complexity index is 194. The summed E-state index contributed by atoms with van der Waals surface area (Å²) in [7, 11) is 0. The molecule has 0 bridgehead atoms. The second-order valence-electron chi connectivity index (χ2n) is 4.31. The largest absolute Gasteiger partial charge is 0.396 e. The highest BCUT2D eigenvalue weighted by atomic mass is 16.3. The second kappa shape index (κ2) is 4.25. The third-order valence-electron chi connectivity index (χ3n) is 3.26. The maximum atomic E-state index is 8.98. The molecule has 2 fully saturated rings. The van der Waals surface area contributed by atoms with Crippen molar-refractivity contribution in [3.05, 3.63) is 11.6 Å². The molecule has 1 heterocycles. The molecule has 1 N–H and O–H groups in total. The van der Waals surface area contributed by atoms with E-state index in [2.05, 4.69) is 11.0 Å². The van der Waals surface area contributed by atoms with Crippen LogP contribution in [0, 0.1) is 5.92 Å². The van der Waals surface area contributed by atoms with E-state index in [4.69, 9.17) is 5.11 Å². The first-order chi connectivity index (χ1) is 6.38. The minimum Gasteiger partial charge on any atom is -0.396 e. The number of nitrogens with zero attached hydrogens (tertiary/aromatic N) is 1. The number of hydrogen-bond donors (Lipinski definition) is 1. The summed E-state index contributed by atoms with van der Waals surface area (Å²) in [4.78, 5) is 2.45. The van der Waals surface area contributed by atoms with Crippen molar-refractivity contribution in [1.29, 1.82) is 0 Å². The van der Waals surface area contributed by atoms with Crippen LogP contribution in [0.4, 0.5) is 0 Å². The van der Waals surface area contributed by atoms with Crippen LogP contribution in [0.25, 0.3) is 0 Å². The van der Waals surface area contributed by atoms with Crippen LogP contribution >= 0.6 is 0 Å². The lowest BCUT2D eigenvalue weighted by atomic mass is 9.92. The Morgan fingerprint density at radius 1 is 1.46 bits per heavy atom. The van der Waals surface area contributed by atoms with E-state index in [0.29, 0.717) is 12.5 Å². The molecular weight excluding hydrogens is 162 g/mol. The molecule has 0 aromatic rings. The van der Waals surface area contributed by atoms with Gasteiger partial charge in [0, 0.05) is 19.7 Å². The maximum absolute atomic E-state index is 8.98. The van der Waals surface area contributed by atoms with Gasteiger partial charge < -0.3 is 5.11 Å². The van der Waals surface area contributed by atoms with Gasteiger partial charge in [0.2, 0.25) is 0 Å². The zero-order valence-electron chi connectivity index (χ0n) is 8.21. The van der Waals surface area contributed by atoms with Gasteiger partial charge in [-0.25, -0.2) is 0 Å². The molecule has 13 heavy (non-hydrogen) atoms. The molecule has 0 amide bonds. The molecule has 2 rings (SSSR count). The standard InChI is InChI=1S/C11H19NO/c13-9-11-5-7-12(8-11)6-4-10-2-1-3-10/h4,11,13H,1-3,5-9H2. The molecule has 2 aliphatic rings. The van der Waals surface area contributed by atoms with Crippen LogP contribution in [0.15, 0.2) is 11.6 Å². The van der Waals surface area contributed by atoms with Crippen LogP contribution in [-0.4, -0.2) is 36.2 Å². The fourth-order valence-corrected chi connectivity index (χ4v) is 2.07. The van der Waals surface area contributed by atoms with Crippen molar-refractivity contribution in [2.45, 2.75) is 25.7 Å². The summed E-state index contributed by atoms with van der Waals surface area (Å²) in [5.41, 5.74) is 1.65. The quantitative estimate of drug-likeness (QED) is 0.665. The zero-order valence-corrected chi connectivity index (χ0v) is 8.21. The molecule has 1 saturated carbocycles. The van der Waals surface area contributed by atoms with Gasteiger partial charge in [0.1, 0.15) is 0 Å². The topological polar surface area (TPSA) is 23.5 Å². The van der Waals surface area contributed by atoms with Gasteiger partial charge in [-0.1, -0.05) is 11.6 Å². The summed E-state index contributed by atoms with van der Waals surface area (Å²) < 4.78 is 0. The maximum Gasteiger partial charge on any atom is 0.0471 e. The Kier molecular flexibility index (Phi) is 3.01. The van der Waals surface area contributed by atoms with Gasteiger partial charge in [-0.3, -0.25) is 4.90 Å². The number of hydrogen-bond acceptors (Lipinski definition) is 2. The van der Waals surface area contributed by atoms with Crippen molar-refractivity contribution in [3.63, 3.8) is 0 Å². The van der Waals surface area contributed by atoms with E-state index in [1.807, 2.05) is 0 Å². The first-order valence-electron chi connectivity index (χ1n) is 5.39. The molecular formula is C11H19NO. The second-order valence-corrected chi connectivity index (χ2v) is 4.31. The number of aliphatic hydroxyl groups excluding tert-OH is 1. The predicted molar refractivity (Wildman–Crippen MR) is 53.6 cm³/mol. The van der Waals surface area contributed by atoms with Crippen LogP contribution in [0.1, 0.15) is 25.7 Å². The summed E-state index contributed by atoms with van der Waals surface area (Å²) in [6.07, 6.45) is 7.63. The predicted octanol–water partition coefficient (Wildman–Crippen LogP) is 1.41. The van der Waals surface area contributed by atoms with Crippen LogP contribution < -0.4 is 0 Å². The van der Waals surface area contributed by atoms with Crippen LogP contribution in [-0.2, 0) is 0 Å². The van der Waals surface area contributed by atoms with Crippen molar-refractivity contribution in [2.75, 3.05) is 26.2 Å². The van der Waals surface area contributed by atoms with E-state index in [9.17, 15) is 0 Å². The molecule has 0 spiro atoms. The van der Waals surface area contributed by atoms with Crippen LogP contribution in [0.3, 0.4) is 0 Å². The van der Waals surface area contributed by atoms with Crippen LogP contribution in [0.2, 0.25) is 0 Å². The van der Waals surface area contributed by atoms with Crippen LogP contribution in [0.5, 0.6) is 0 Å². The van der Waals surface area contributed by atoms with Gasteiger partial charge in [0.15, 0.2) is 0 Å². The summed E-state index contributed by atoms with van der Waals surface area (Å²) in [5, 5.41) is 8.98. The molecule has 0 radical (unpaired) electrons. The minimum absolute atomic E-state index is 0.368. The molecule has 0 aromatic carbocycles. The molecule has 1 saturated heterocycles. The highest BCUT2D eigenvalue weighted by Crippen LogP contribution is 2.25. The van der Waals surface area contributed by atoms with Crippen molar-refractivity contribution in [2.24, 2.45) is 5.92 Å². The summed E-state index contributed by atoms with van der Waals surface area (Å²) >= 11 is 0. The molecule has 0 aromatic heterocycles. The third kappa shape index (κ3) is 2.32. The first kappa shape index (κ1) is 9.22. The van der Waals surface area contributed by atoms with Gasteiger partial charge >= 0.3 is 0 Å². The smallest absolute Gasteiger partial charge is 0.0471 e. The summed E-state index contributed by atoms with van der Waals surface area (Å²) in [6.45, 7) is 3.76. The lowest BCUT2D eigenvalue weighted by Crippen LogP contribution is -2.22. The van der Waals surface area contributed by atoms with E-state index in [1.165, 1.54) is 32.2 Å². The van der Waals surface area contributed by atoms with Crippen molar-refractivity contribution < 1.29 is 5.11 Å². The lowest BCUT2D eigenvalue weighted by molar-refractivity contribution is 0.225. The molecule has 1 unspecified atom stereocenters. The van der Waals surface area contributed by atoms with Gasteiger partial charge in [0.25, 0.3) is 0 Å². The Morgan fingerprint density at radius 2 is 2.31 bits per heavy atom. The van der Waals surface area contributed by atoms with E-state index in [0.717, 1.165) is 13.1 Å². The van der Waals surface area contributed by atoms with Gasteiger partial charge in [-0.2, -0.15) is 0 Å². The fraction of sp³-hybridized carbons (Fsp3) is 0.818. The molecule has 2 heteroatoms. The van der Waals surface area contributed by atoms with E-state index in [-0.39, 0.29) is 0 Å². The van der Waals surface area contributed by atoms with E-state index >= 15 is 0 Å². The van der Waals surface area contributed by atoms with E-state index < -0.39 is 0 Å². The third-order valence-corrected chi connectivity index (χ3v) is 3.26. The first-order valence-corrected chi connectivity index (χ1v) is 5.39. The summed E-state index contributed by atoms with van der Waals surface area (Å²) in [5.74, 6) is 0.541. The SMILES string of the molecule is OCC1CCN(CC=C2CCC2)C1. The molecule has 1 atom stereocenters.